The van der Waals surface area contributed by atoms with Crippen molar-refractivity contribution in [2.45, 2.75) is 19.8 Å². The molecule has 0 spiro atoms. The molecule has 1 aromatic carbocycles. The number of amides is 3. The highest BCUT2D eigenvalue weighted by Gasteiger charge is 2.35. The molecule has 0 bridgehead atoms. The molecule has 0 saturated carbocycles. The molecule has 2 aromatic rings. The third-order valence-corrected chi connectivity index (χ3v) is 5.83. The molecule has 0 atom stereocenters. The number of anilines is 1. The predicted octanol–water partition coefficient (Wildman–Crippen LogP) is 2.27. The van der Waals surface area contributed by atoms with Crippen LogP contribution < -0.4 is 4.90 Å². The lowest BCUT2D eigenvalue weighted by atomic mass is 10.1. The molecule has 3 amide bonds. The molecule has 0 unspecified atom stereocenters. The Balaban J connectivity index is 1.25. The van der Waals surface area contributed by atoms with E-state index in [1.54, 1.807) is 24.5 Å². The van der Waals surface area contributed by atoms with Crippen LogP contribution in [0.2, 0.25) is 0 Å². The van der Waals surface area contributed by atoms with Gasteiger partial charge in [-0.3, -0.25) is 19.3 Å². The lowest BCUT2D eigenvalue weighted by Gasteiger charge is -2.34. The Morgan fingerprint density at radius 1 is 1.03 bits per heavy atom. The summed E-state index contributed by atoms with van der Waals surface area (Å²) in [6.45, 7) is 4.69. The highest BCUT2D eigenvalue weighted by molar-refractivity contribution is 9.10. The van der Waals surface area contributed by atoms with Crippen molar-refractivity contribution in [3.05, 3.63) is 51.8 Å². The smallest absolute Gasteiger partial charge is 0.261 e. The summed E-state index contributed by atoms with van der Waals surface area (Å²) in [4.78, 5) is 51.3. The van der Waals surface area contributed by atoms with E-state index >= 15 is 0 Å². The minimum atomic E-state index is -0.273. The third-order valence-electron chi connectivity index (χ3n) is 5.42. The summed E-state index contributed by atoms with van der Waals surface area (Å²) in [5.41, 5.74) is 1.85. The lowest BCUT2D eigenvalue weighted by molar-refractivity contribution is -0.131. The van der Waals surface area contributed by atoms with Gasteiger partial charge in [-0.15, -0.1) is 0 Å². The Labute approximate surface area is 183 Å². The van der Waals surface area contributed by atoms with Gasteiger partial charge < -0.3 is 9.80 Å². The monoisotopic (exact) mass is 471 g/mol. The van der Waals surface area contributed by atoms with Crippen LogP contribution >= 0.6 is 15.9 Å². The molecule has 9 heteroatoms. The van der Waals surface area contributed by atoms with Crippen molar-refractivity contribution in [1.82, 2.24) is 19.8 Å². The zero-order chi connectivity index (χ0) is 21.3. The minimum absolute atomic E-state index is 0.0406. The molecule has 30 heavy (non-hydrogen) atoms. The number of hydrogen-bond donors (Lipinski definition) is 0. The Kier molecular flexibility index (Phi) is 5.80. The van der Waals surface area contributed by atoms with E-state index < -0.39 is 0 Å². The van der Waals surface area contributed by atoms with Gasteiger partial charge in [-0.2, -0.15) is 0 Å². The molecule has 1 aromatic heterocycles. The zero-order valence-electron chi connectivity index (χ0n) is 16.7. The summed E-state index contributed by atoms with van der Waals surface area (Å²) >= 11 is 3.32. The molecule has 0 radical (unpaired) electrons. The first-order valence-electron chi connectivity index (χ1n) is 9.91. The SMILES string of the molecule is Cc1ccc2c(c1)C(=O)N(CCCC(=O)N1CCN(c3ncc(Br)cn3)CC1)C2=O. The number of piperazine rings is 1. The van der Waals surface area contributed by atoms with Gasteiger partial charge >= 0.3 is 0 Å². The summed E-state index contributed by atoms with van der Waals surface area (Å²) in [7, 11) is 0. The number of aryl methyl sites for hydroxylation is 1. The topological polar surface area (TPSA) is 86.7 Å². The van der Waals surface area contributed by atoms with E-state index in [1.165, 1.54) is 4.90 Å². The van der Waals surface area contributed by atoms with Crippen LogP contribution in [-0.4, -0.2) is 70.2 Å². The fraction of sp³-hybridized carbons (Fsp3) is 0.381. The Bertz CT molecular complexity index is 987. The summed E-state index contributed by atoms with van der Waals surface area (Å²) in [5.74, 6) is 0.157. The first kappa shape index (κ1) is 20.5. The standard InChI is InChI=1S/C21H22BrN5O3/c1-14-4-5-16-17(11-14)20(30)27(19(16)29)6-2-3-18(28)25-7-9-26(10-8-25)21-23-12-15(22)13-24-21/h4-5,11-13H,2-3,6-10H2,1H3. The average Bonchev–Trinajstić information content (AvgIpc) is 2.98. The second-order valence-electron chi connectivity index (χ2n) is 7.48. The lowest BCUT2D eigenvalue weighted by Crippen LogP contribution is -2.49. The van der Waals surface area contributed by atoms with Gasteiger partial charge in [-0.25, -0.2) is 9.97 Å². The number of benzene rings is 1. The number of nitrogens with zero attached hydrogens (tertiary/aromatic N) is 5. The zero-order valence-corrected chi connectivity index (χ0v) is 18.3. The van der Waals surface area contributed by atoms with Crippen LogP contribution in [0.3, 0.4) is 0 Å². The maximum absolute atomic E-state index is 12.6. The maximum atomic E-state index is 12.6. The van der Waals surface area contributed by atoms with E-state index in [2.05, 4.69) is 30.8 Å². The molecular weight excluding hydrogens is 450 g/mol. The van der Waals surface area contributed by atoms with Crippen LogP contribution in [-0.2, 0) is 4.79 Å². The number of aromatic nitrogens is 2. The number of halogens is 1. The fourth-order valence-corrected chi connectivity index (χ4v) is 3.98. The molecule has 1 fully saturated rings. The second kappa shape index (κ2) is 8.51. The molecule has 156 valence electrons. The number of carbonyl (C=O) groups excluding carboxylic acids is 3. The van der Waals surface area contributed by atoms with Crippen LogP contribution in [0.5, 0.6) is 0 Å². The predicted molar refractivity (Wildman–Crippen MR) is 114 cm³/mol. The van der Waals surface area contributed by atoms with Gasteiger partial charge in [0.25, 0.3) is 11.8 Å². The van der Waals surface area contributed by atoms with E-state index in [9.17, 15) is 14.4 Å². The van der Waals surface area contributed by atoms with Gasteiger partial charge in [-0.05, 0) is 41.4 Å². The van der Waals surface area contributed by atoms with Crippen molar-refractivity contribution in [3.63, 3.8) is 0 Å². The highest BCUT2D eigenvalue weighted by atomic mass is 79.9. The molecule has 3 heterocycles. The van der Waals surface area contributed by atoms with Crippen LogP contribution in [0.1, 0.15) is 39.1 Å². The highest BCUT2D eigenvalue weighted by Crippen LogP contribution is 2.24. The van der Waals surface area contributed by atoms with Crippen molar-refractivity contribution < 1.29 is 14.4 Å². The van der Waals surface area contributed by atoms with E-state index in [4.69, 9.17) is 0 Å². The maximum Gasteiger partial charge on any atom is 0.261 e. The number of fused-ring (bicyclic) bond motifs is 1. The molecule has 0 aliphatic carbocycles. The largest absolute Gasteiger partial charge is 0.339 e. The fourth-order valence-electron chi connectivity index (χ4n) is 3.78. The first-order valence-corrected chi connectivity index (χ1v) is 10.7. The second-order valence-corrected chi connectivity index (χ2v) is 8.40. The van der Waals surface area contributed by atoms with Gasteiger partial charge in [0.05, 0.1) is 15.6 Å². The molecule has 8 nitrogen and oxygen atoms in total. The Morgan fingerprint density at radius 2 is 1.70 bits per heavy atom. The van der Waals surface area contributed by atoms with E-state index in [0.29, 0.717) is 56.1 Å². The summed E-state index contributed by atoms with van der Waals surface area (Å²) in [5, 5.41) is 0. The first-order chi connectivity index (χ1) is 14.4. The number of rotatable bonds is 5. The summed E-state index contributed by atoms with van der Waals surface area (Å²) in [6.07, 6.45) is 4.18. The third kappa shape index (κ3) is 4.07. The Hall–Kier alpha value is -2.81. The van der Waals surface area contributed by atoms with Crippen molar-refractivity contribution >= 4 is 39.6 Å². The molecule has 0 N–H and O–H groups in total. The summed E-state index contributed by atoms with van der Waals surface area (Å²) in [6, 6.07) is 5.27. The van der Waals surface area contributed by atoms with Crippen LogP contribution in [0.25, 0.3) is 0 Å². The van der Waals surface area contributed by atoms with Crippen molar-refractivity contribution in [2.75, 3.05) is 37.6 Å². The molecule has 4 rings (SSSR count). The molecular formula is C21H22BrN5O3. The summed E-state index contributed by atoms with van der Waals surface area (Å²) < 4.78 is 0.827. The van der Waals surface area contributed by atoms with Gasteiger partial charge in [0.2, 0.25) is 11.9 Å². The Morgan fingerprint density at radius 3 is 2.40 bits per heavy atom. The molecule has 1 saturated heterocycles. The quantitative estimate of drug-likeness (QED) is 0.621. The van der Waals surface area contributed by atoms with Crippen molar-refractivity contribution in [2.24, 2.45) is 0 Å². The normalized spacial score (nSPS) is 16.3. The number of imide groups is 1. The number of hydrogen-bond acceptors (Lipinski definition) is 6. The van der Waals surface area contributed by atoms with E-state index in [-0.39, 0.29) is 24.3 Å². The van der Waals surface area contributed by atoms with Crippen LogP contribution in [0, 0.1) is 6.92 Å². The van der Waals surface area contributed by atoms with Crippen LogP contribution in [0.15, 0.2) is 35.1 Å². The van der Waals surface area contributed by atoms with E-state index in [1.807, 2.05) is 17.9 Å². The van der Waals surface area contributed by atoms with E-state index in [0.717, 1.165) is 10.0 Å². The molecule has 2 aliphatic rings. The van der Waals surface area contributed by atoms with Crippen LogP contribution in [0.4, 0.5) is 5.95 Å². The van der Waals surface area contributed by atoms with Crippen molar-refractivity contribution in [3.8, 4) is 0 Å². The van der Waals surface area contributed by atoms with Gasteiger partial charge in [0, 0.05) is 51.5 Å². The minimum Gasteiger partial charge on any atom is -0.339 e. The average molecular weight is 472 g/mol. The van der Waals surface area contributed by atoms with Gasteiger partial charge in [0.1, 0.15) is 0 Å². The van der Waals surface area contributed by atoms with Gasteiger partial charge in [-0.1, -0.05) is 11.6 Å². The number of carbonyl (C=O) groups is 3. The van der Waals surface area contributed by atoms with Crippen molar-refractivity contribution in [1.29, 1.82) is 0 Å². The van der Waals surface area contributed by atoms with Gasteiger partial charge in [0.15, 0.2) is 0 Å². The molecule has 2 aliphatic heterocycles.